The number of halogens is 1. The van der Waals surface area contributed by atoms with Crippen LogP contribution in [0.5, 0.6) is 0 Å². The molecule has 0 aliphatic heterocycles. The topological polar surface area (TPSA) is 56.7 Å². The van der Waals surface area contributed by atoms with Gasteiger partial charge in [-0.2, -0.15) is 4.80 Å². The number of fused-ring (bicyclic) bond motifs is 1. The summed E-state index contributed by atoms with van der Waals surface area (Å²) in [5.41, 5.74) is 11.6. The molecule has 0 amide bonds. The van der Waals surface area contributed by atoms with Crippen LogP contribution in [0.4, 0.5) is 5.69 Å². The number of benzene rings is 2. The number of aryl methyl sites for hydroxylation is 2. The van der Waals surface area contributed by atoms with Crippen LogP contribution in [0.2, 0.25) is 0 Å². The van der Waals surface area contributed by atoms with Crippen LogP contribution >= 0.6 is 12.4 Å². The lowest BCUT2D eigenvalue weighted by molar-refractivity contribution is 0.765. The Labute approximate surface area is 124 Å². The molecule has 2 aromatic carbocycles. The Morgan fingerprint density at radius 1 is 1.05 bits per heavy atom. The number of aromatic nitrogens is 3. The van der Waals surface area contributed by atoms with Crippen molar-refractivity contribution in [1.82, 2.24) is 15.0 Å². The van der Waals surface area contributed by atoms with E-state index in [1.807, 2.05) is 31.2 Å². The number of hydrogen-bond donors (Lipinski definition) is 1. The summed E-state index contributed by atoms with van der Waals surface area (Å²) in [7, 11) is 0. The Hall–Kier alpha value is -2.07. The zero-order chi connectivity index (χ0) is 13.4. The molecule has 0 bridgehead atoms. The highest BCUT2D eigenvalue weighted by Crippen LogP contribution is 2.19. The molecule has 2 N–H and O–H groups in total. The second-order valence-electron chi connectivity index (χ2n) is 4.71. The second kappa shape index (κ2) is 5.51. The largest absolute Gasteiger partial charge is 0.398 e. The van der Waals surface area contributed by atoms with E-state index in [0.29, 0.717) is 0 Å². The van der Waals surface area contributed by atoms with E-state index in [9.17, 15) is 0 Å². The predicted molar refractivity (Wildman–Crippen MR) is 84.6 cm³/mol. The lowest BCUT2D eigenvalue weighted by Gasteiger charge is -2.00. The van der Waals surface area contributed by atoms with E-state index < -0.39 is 0 Å². The fourth-order valence-electron chi connectivity index (χ4n) is 2.06. The summed E-state index contributed by atoms with van der Waals surface area (Å²) in [4.78, 5) is 1.66. The standard InChI is InChI=1S/C15H16N4.ClH/c1-3-11-4-6-12(7-5-11)19-17-14-8-10(2)13(16)9-15(14)18-19;/h4-9H,3,16H2,1-2H3;1H. The van der Waals surface area contributed by atoms with Gasteiger partial charge in [0.25, 0.3) is 0 Å². The Kier molecular flexibility index (Phi) is 3.95. The summed E-state index contributed by atoms with van der Waals surface area (Å²) in [6, 6.07) is 12.1. The molecule has 0 saturated carbocycles. The molecule has 1 heterocycles. The summed E-state index contributed by atoms with van der Waals surface area (Å²) in [6.45, 7) is 4.12. The zero-order valence-electron chi connectivity index (χ0n) is 11.5. The summed E-state index contributed by atoms with van der Waals surface area (Å²) >= 11 is 0. The smallest absolute Gasteiger partial charge is 0.115 e. The summed E-state index contributed by atoms with van der Waals surface area (Å²) < 4.78 is 0. The van der Waals surface area contributed by atoms with E-state index >= 15 is 0 Å². The van der Waals surface area contributed by atoms with Crippen LogP contribution in [0.1, 0.15) is 18.1 Å². The minimum atomic E-state index is 0. The summed E-state index contributed by atoms with van der Waals surface area (Å²) in [5.74, 6) is 0. The van der Waals surface area contributed by atoms with Crippen molar-refractivity contribution >= 4 is 29.1 Å². The minimum absolute atomic E-state index is 0. The number of nitrogen functional groups attached to an aromatic ring is 1. The van der Waals surface area contributed by atoms with Gasteiger partial charge < -0.3 is 5.73 Å². The quantitative estimate of drug-likeness (QED) is 0.736. The van der Waals surface area contributed by atoms with Crippen LogP contribution in [0, 0.1) is 6.92 Å². The van der Waals surface area contributed by atoms with Crippen molar-refractivity contribution < 1.29 is 0 Å². The Morgan fingerprint density at radius 3 is 2.25 bits per heavy atom. The maximum Gasteiger partial charge on any atom is 0.115 e. The molecule has 0 radical (unpaired) electrons. The van der Waals surface area contributed by atoms with E-state index in [1.54, 1.807) is 4.80 Å². The molecular formula is C15H17ClN4. The number of rotatable bonds is 2. The summed E-state index contributed by atoms with van der Waals surface area (Å²) in [5, 5.41) is 8.96. The molecule has 3 aromatic rings. The van der Waals surface area contributed by atoms with Crippen molar-refractivity contribution in [3.8, 4) is 5.69 Å². The average Bonchev–Trinajstić information content (AvgIpc) is 2.82. The molecule has 104 valence electrons. The van der Waals surface area contributed by atoms with Gasteiger partial charge in [0.1, 0.15) is 11.0 Å². The maximum atomic E-state index is 5.89. The molecule has 0 aliphatic rings. The first kappa shape index (κ1) is 14.3. The fourth-order valence-corrected chi connectivity index (χ4v) is 2.06. The van der Waals surface area contributed by atoms with Gasteiger partial charge in [-0.25, -0.2) is 0 Å². The number of nitrogens with two attached hydrogens (primary N) is 1. The molecule has 20 heavy (non-hydrogen) atoms. The van der Waals surface area contributed by atoms with E-state index in [0.717, 1.165) is 34.4 Å². The van der Waals surface area contributed by atoms with Gasteiger partial charge in [0, 0.05) is 5.69 Å². The normalized spacial score (nSPS) is 10.5. The Bertz CT molecular complexity index is 692. The molecule has 3 rings (SSSR count). The highest BCUT2D eigenvalue weighted by atomic mass is 35.5. The number of hydrogen-bond acceptors (Lipinski definition) is 3. The second-order valence-corrected chi connectivity index (χ2v) is 4.71. The van der Waals surface area contributed by atoms with Crippen molar-refractivity contribution in [2.45, 2.75) is 20.3 Å². The Balaban J connectivity index is 0.00000147. The van der Waals surface area contributed by atoms with Crippen LogP contribution in [-0.4, -0.2) is 15.0 Å². The predicted octanol–water partition coefficient (Wildman–Crippen LogP) is 3.30. The molecule has 5 heteroatoms. The van der Waals surface area contributed by atoms with E-state index in [1.165, 1.54) is 5.56 Å². The SMILES string of the molecule is CCc1ccc(-n2nc3cc(C)c(N)cc3n2)cc1.Cl. The molecule has 0 saturated heterocycles. The van der Waals surface area contributed by atoms with Crippen LogP contribution in [0.15, 0.2) is 36.4 Å². The molecule has 0 spiro atoms. The first-order valence-corrected chi connectivity index (χ1v) is 6.40. The van der Waals surface area contributed by atoms with Gasteiger partial charge in [-0.1, -0.05) is 19.1 Å². The fraction of sp³-hybridized carbons (Fsp3) is 0.200. The van der Waals surface area contributed by atoms with Gasteiger partial charge in [0.2, 0.25) is 0 Å². The van der Waals surface area contributed by atoms with Gasteiger partial charge in [-0.3, -0.25) is 0 Å². The van der Waals surface area contributed by atoms with Crippen LogP contribution < -0.4 is 5.73 Å². The average molecular weight is 289 g/mol. The molecule has 4 nitrogen and oxygen atoms in total. The van der Waals surface area contributed by atoms with Gasteiger partial charge in [-0.05, 0) is 48.7 Å². The van der Waals surface area contributed by atoms with Gasteiger partial charge in [0.05, 0.1) is 5.69 Å². The summed E-state index contributed by atoms with van der Waals surface area (Å²) in [6.07, 6.45) is 1.03. The molecule has 0 unspecified atom stereocenters. The number of anilines is 1. The van der Waals surface area contributed by atoms with E-state index in [-0.39, 0.29) is 12.4 Å². The van der Waals surface area contributed by atoms with Crippen molar-refractivity contribution in [2.24, 2.45) is 0 Å². The highest BCUT2D eigenvalue weighted by Gasteiger charge is 2.06. The molecule has 1 aromatic heterocycles. The monoisotopic (exact) mass is 288 g/mol. The first-order chi connectivity index (χ1) is 9.17. The molecule has 0 aliphatic carbocycles. The number of nitrogens with zero attached hydrogens (tertiary/aromatic N) is 3. The van der Waals surface area contributed by atoms with E-state index in [4.69, 9.17) is 5.73 Å². The lowest BCUT2D eigenvalue weighted by Crippen LogP contribution is -1.98. The van der Waals surface area contributed by atoms with Crippen molar-refractivity contribution in [3.05, 3.63) is 47.5 Å². The third-order valence-electron chi connectivity index (χ3n) is 3.34. The highest BCUT2D eigenvalue weighted by molar-refractivity contribution is 5.85. The van der Waals surface area contributed by atoms with Gasteiger partial charge in [-0.15, -0.1) is 22.6 Å². The van der Waals surface area contributed by atoms with Crippen molar-refractivity contribution in [1.29, 1.82) is 0 Å². The van der Waals surface area contributed by atoms with Gasteiger partial charge in [0.15, 0.2) is 0 Å². The maximum absolute atomic E-state index is 5.89. The van der Waals surface area contributed by atoms with Crippen LogP contribution in [0.3, 0.4) is 0 Å². The third-order valence-corrected chi connectivity index (χ3v) is 3.34. The Morgan fingerprint density at radius 2 is 1.65 bits per heavy atom. The minimum Gasteiger partial charge on any atom is -0.398 e. The van der Waals surface area contributed by atoms with Crippen molar-refractivity contribution in [3.63, 3.8) is 0 Å². The molecule has 0 atom stereocenters. The third kappa shape index (κ3) is 2.47. The van der Waals surface area contributed by atoms with Gasteiger partial charge >= 0.3 is 0 Å². The van der Waals surface area contributed by atoms with E-state index in [2.05, 4.69) is 29.3 Å². The molecule has 0 fully saturated rings. The van der Waals surface area contributed by atoms with Crippen LogP contribution in [0.25, 0.3) is 16.7 Å². The van der Waals surface area contributed by atoms with Crippen molar-refractivity contribution in [2.75, 3.05) is 5.73 Å². The first-order valence-electron chi connectivity index (χ1n) is 6.40. The van der Waals surface area contributed by atoms with Crippen LogP contribution in [-0.2, 0) is 6.42 Å². The zero-order valence-corrected chi connectivity index (χ0v) is 12.3. The lowest BCUT2D eigenvalue weighted by atomic mass is 10.2. The molecular weight excluding hydrogens is 272 g/mol.